The van der Waals surface area contributed by atoms with Crippen LogP contribution in [0.25, 0.3) is 0 Å². The van der Waals surface area contributed by atoms with Crippen LogP contribution in [-0.2, 0) is 0 Å². The van der Waals surface area contributed by atoms with Crippen molar-refractivity contribution in [2.24, 2.45) is 0 Å². The molecular formula is C10H12INO2. The van der Waals surface area contributed by atoms with Gasteiger partial charge in [0.2, 0.25) is 0 Å². The molecule has 0 atom stereocenters. The number of hydrogen-bond acceptors (Lipinski definition) is 2. The fourth-order valence-corrected chi connectivity index (χ4v) is 1.72. The molecule has 4 heteroatoms. The van der Waals surface area contributed by atoms with E-state index in [1.165, 1.54) is 12.6 Å². The minimum Gasteiger partial charge on any atom is -0.409 e. The van der Waals surface area contributed by atoms with Gasteiger partial charge >= 0.3 is 6.09 Å². The van der Waals surface area contributed by atoms with Crippen LogP contribution in [0.1, 0.15) is 11.1 Å². The summed E-state index contributed by atoms with van der Waals surface area (Å²) in [5, 5.41) is 2.41. The third-order valence-electron chi connectivity index (χ3n) is 1.96. The van der Waals surface area contributed by atoms with Gasteiger partial charge in [-0.2, -0.15) is 0 Å². The smallest absolute Gasteiger partial charge is 0.409 e. The Bertz CT molecular complexity index is 363. The van der Waals surface area contributed by atoms with Crippen molar-refractivity contribution in [2.75, 3.05) is 7.05 Å². The van der Waals surface area contributed by atoms with Crippen LogP contribution >= 0.6 is 22.6 Å². The summed E-state index contributed by atoms with van der Waals surface area (Å²) in [7, 11) is 1.54. The molecule has 76 valence electrons. The lowest BCUT2D eigenvalue weighted by Crippen LogP contribution is -2.22. The number of rotatable bonds is 1. The molecule has 14 heavy (non-hydrogen) atoms. The SMILES string of the molecule is CNC(=O)Oc1cc(C)c(C)cc1I. The number of hydrogen-bond donors (Lipinski definition) is 1. The Morgan fingerprint density at radius 3 is 2.50 bits per heavy atom. The van der Waals surface area contributed by atoms with Gasteiger partial charge in [0.1, 0.15) is 5.75 Å². The first kappa shape index (κ1) is 11.3. The Hall–Kier alpha value is -0.780. The summed E-state index contributed by atoms with van der Waals surface area (Å²) >= 11 is 2.15. The van der Waals surface area contributed by atoms with Crippen LogP contribution in [0.2, 0.25) is 0 Å². The molecule has 0 aromatic heterocycles. The Balaban J connectivity index is 2.98. The summed E-state index contributed by atoms with van der Waals surface area (Å²) in [4.78, 5) is 11.0. The van der Waals surface area contributed by atoms with Crippen LogP contribution in [0, 0.1) is 17.4 Å². The van der Waals surface area contributed by atoms with Gasteiger partial charge in [-0.1, -0.05) is 0 Å². The van der Waals surface area contributed by atoms with Crippen molar-refractivity contribution in [3.8, 4) is 5.75 Å². The van der Waals surface area contributed by atoms with E-state index in [-0.39, 0.29) is 0 Å². The average molecular weight is 305 g/mol. The highest BCUT2D eigenvalue weighted by Gasteiger charge is 2.07. The minimum atomic E-state index is -0.439. The van der Waals surface area contributed by atoms with Crippen LogP contribution in [-0.4, -0.2) is 13.1 Å². The quantitative estimate of drug-likeness (QED) is 0.810. The second kappa shape index (κ2) is 4.63. The van der Waals surface area contributed by atoms with Crippen LogP contribution < -0.4 is 10.1 Å². The molecule has 0 fully saturated rings. The van der Waals surface area contributed by atoms with E-state index in [0.29, 0.717) is 5.75 Å². The van der Waals surface area contributed by atoms with Gasteiger partial charge in [0.05, 0.1) is 3.57 Å². The first-order valence-corrected chi connectivity index (χ1v) is 5.28. The predicted octanol–water partition coefficient (Wildman–Crippen LogP) is 2.63. The van der Waals surface area contributed by atoms with Crippen molar-refractivity contribution in [1.82, 2.24) is 5.32 Å². The molecule has 0 aliphatic rings. The van der Waals surface area contributed by atoms with Gasteiger partial charge in [-0.3, -0.25) is 0 Å². The fraction of sp³-hybridized carbons (Fsp3) is 0.300. The van der Waals surface area contributed by atoms with E-state index in [1.807, 2.05) is 26.0 Å². The normalized spacial score (nSPS) is 9.71. The van der Waals surface area contributed by atoms with Gasteiger partial charge in [-0.15, -0.1) is 0 Å². The first-order chi connectivity index (χ1) is 6.54. The van der Waals surface area contributed by atoms with Gasteiger partial charge in [0.15, 0.2) is 0 Å². The van der Waals surface area contributed by atoms with Crippen LogP contribution in [0.4, 0.5) is 4.79 Å². The number of carbonyl (C=O) groups excluding carboxylic acids is 1. The number of carbonyl (C=O) groups is 1. The maximum Gasteiger partial charge on any atom is 0.412 e. The molecule has 1 N–H and O–H groups in total. The Morgan fingerprint density at radius 2 is 1.93 bits per heavy atom. The topological polar surface area (TPSA) is 38.3 Å². The summed E-state index contributed by atoms with van der Waals surface area (Å²) in [6.45, 7) is 4.02. The summed E-state index contributed by atoms with van der Waals surface area (Å²) in [5.41, 5.74) is 2.31. The van der Waals surface area contributed by atoms with Gasteiger partial charge in [0, 0.05) is 7.05 Å². The van der Waals surface area contributed by atoms with E-state index in [0.717, 1.165) is 9.13 Å². The average Bonchev–Trinajstić information content (AvgIpc) is 2.14. The number of benzene rings is 1. The highest BCUT2D eigenvalue weighted by Crippen LogP contribution is 2.24. The number of aryl methyl sites for hydroxylation is 2. The Labute approximate surface area is 97.0 Å². The third-order valence-corrected chi connectivity index (χ3v) is 2.80. The molecule has 0 aliphatic heterocycles. The molecular weight excluding hydrogens is 293 g/mol. The van der Waals surface area contributed by atoms with Crippen LogP contribution in [0.15, 0.2) is 12.1 Å². The maximum atomic E-state index is 11.0. The van der Waals surface area contributed by atoms with Crippen molar-refractivity contribution >= 4 is 28.7 Å². The molecule has 1 aromatic rings. The van der Waals surface area contributed by atoms with Gasteiger partial charge in [0.25, 0.3) is 0 Å². The van der Waals surface area contributed by atoms with E-state index in [2.05, 4.69) is 27.9 Å². The van der Waals surface area contributed by atoms with E-state index >= 15 is 0 Å². The number of nitrogens with one attached hydrogen (secondary N) is 1. The first-order valence-electron chi connectivity index (χ1n) is 4.21. The lowest BCUT2D eigenvalue weighted by Gasteiger charge is -2.08. The molecule has 0 aliphatic carbocycles. The molecule has 0 unspecified atom stereocenters. The lowest BCUT2D eigenvalue weighted by molar-refractivity contribution is 0.202. The van der Waals surface area contributed by atoms with Crippen molar-refractivity contribution in [2.45, 2.75) is 13.8 Å². The maximum absolute atomic E-state index is 11.0. The van der Waals surface area contributed by atoms with Crippen molar-refractivity contribution in [1.29, 1.82) is 0 Å². The molecule has 1 amide bonds. The fourth-order valence-electron chi connectivity index (χ4n) is 0.984. The second-order valence-corrected chi connectivity index (χ2v) is 4.17. The second-order valence-electron chi connectivity index (χ2n) is 3.01. The summed E-state index contributed by atoms with van der Waals surface area (Å²) < 4.78 is 6.01. The highest BCUT2D eigenvalue weighted by molar-refractivity contribution is 14.1. The van der Waals surface area contributed by atoms with E-state index in [9.17, 15) is 4.79 Å². The summed E-state index contributed by atoms with van der Waals surface area (Å²) in [6, 6.07) is 3.86. The molecule has 0 saturated heterocycles. The summed E-state index contributed by atoms with van der Waals surface area (Å²) in [6.07, 6.45) is -0.439. The monoisotopic (exact) mass is 305 g/mol. The summed E-state index contributed by atoms with van der Waals surface area (Å²) in [5.74, 6) is 0.605. The van der Waals surface area contributed by atoms with Crippen LogP contribution in [0.3, 0.4) is 0 Å². The van der Waals surface area contributed by atoms with Gasteiger partial charge < -0.3 is 10.1 Å². The number of amides is 1. The van der Waals surface area contributed by atoms with Crippen molar-refractivity contribution in [3.05, 3.63) is 26.8 Å². The molecule has 0 heterocycles. The van der Waals surface area contributed by atoms with E-state index in [4.69, 9.17) is 4.74 Å². The largest absolute Gasteiger partial charge is 0.412 e. The molecule has 0 bridgehead atoms. The van der Waals surface area contributed by atoms with Crippen molar-refractivity contribution < 1.29 is 9.53 Å². The minimum absolute atomic E-state index is 0.439. The number of ether oxygens (including phenoxy) is 1. The molecule has 0 radical (unpaired) electrons. The standard InChI is InChI=1S/C10H12INO2/c1-6-4-8(11)9(5-7(6)2)14-10(13)12-3/h4-5H,1-3H3,(H,12,13). The zero-order chi connectivity index (χ0) is 10.7. The Kier molecular flexibility index (Phi) is 3.74. The van der Waals surface area contributed by atoms with Gasteiger partial charge in [-0.25, -0.2) is 4.79 Å². The van der Waals surface area contributed by atoms with E-state index in [1.54, 1.807) is 0 Å². The molecule has 1 rings (SSSR count). The molecule has 1 aromatic carbocycles. The highest BCUT2D eigenvalue weighted by atomic mass is 127. The third kappa shape index (κ3) is 2.60. The van der Waals surface area contributed by atoms with Gasteiger partial charge in [-0.05, 0) is 59.7 Å². The predicted molar refractivity (Wildman–Crippen MR) is 63.7 cm³/mol. The number of halogens is 1. The molecule has 0 spiro atoms. The molecule has 0 saturated carbocycles. The zero-order valence-electron chi connectivity index (χ0n) is 8.35. The molecule has 3 nitrogen and oxygen atoms in total. The zero-order valence-corrected chi connectivity index (χ0v) is 10.5. The Morgan fingerprint density at radius 1 is 1.36 bits per heavy atom. The van der Waals surface area contributed by atoms with Crippen LogP contribution in [0.5, 0.6) is 5.75 Å². The lowest BCUT2D eigenvalue weighted by atomic mass is 10.1. The van der Waals surface area contributed by atoms with Crippen molar-refractivity contribution in [3.63, 3.8) is 0 Å². The van der Waals surface area contributed by atoms with E-state index < -0.39 is 6.09 Å².